The monoisotopic (exact) mass is 223 g/mol. The Morgan fingerprint density at radius 3 is 2.56 bits per heavy atom. The van der Waals surface area contributed by atoms with Gasteiger partial charge < -0.3 is 19.9 Å². The van der Waals surface area contributed by atoms with Crippen LogP contribution in [0.15, 0.2) is 12.1 Å². The van der Waals surface area contributed by atoms with Crippen LogP contribution in [0.1, 0.15) is 17.5 Å². The first-order chi connectivity index (χ1) is 7.85. The molecule has 4 heteroatoms. The number of methoxy groups -OCH3 is 1. The van der Waals surface area contributed by atoms with Crippen LogP contribution in [0.25, 0.3) is 0 Å². The number of aryl methyl sites for hydroxylation is 1. The number of fused-ring (bicyclic) bond motifs is 1. The molecule has 0 spiro atoms. The quantitative estimate of drug-likeness (QED) is 0.821. The second kappa shape index (κ2) is 5.18. The zero-order valence-corrected chi connectivity index (χ0v) is 9.49. The molecule has 2 rings (SSSR count). The van der Waals surface area contributed by atoms with Gasteiger partial charge in [-0.15, -0.1) is 0 Å². The molecule has 2 N–H and O–H groups in total. The smallest absolute Gasteiger partial charge is 0.231 e. The molecule has 0 saturated carbocycles. The summed E-state index contributed by atoms with van der Waals surface area (Å²) in [6.07, 6.45) is 1.92. The van der Waals surface area contributed by atoms with Crippen LogP contribution < -0.4 is 15.2 Å². The maximum Gasteiger partial charge on any atom is 0.231 e. The zero-order valence-electron chi connectivity index (χ0n) is 9.49. The number of rotatable bonds is 5. The highest BCUT2D eigenvalue weighted by Crippen LogP contribution is 2.35. The Morgan fingerprint density at radius 1 is 1.25 bits per heavy atom. The van der Waals surface area contributed by atoms with Crippen LogP contribution >= 0.6 is 0 Å². The summed E-state index contributed by atoms with van der Waals surface area (Å²) in [5.74, 6) is 1.63. The van der Waals surface area contributed by atoms with E-state index in [0.29, 0.717) is 19.9 Å². The number of hydrogen-bond donors (Lipinski definition) is 1. The van der Waals surface area contributed by atoms with Gasteiger partial charge in [0.2, 0.25) is 6.79 Å². The van der Waals surface area contributed by atoms with E-state index < -0.39 is 0 Å². The molecule has 1 aliphatic rings. The molecular weight excluding hydrogens is 206 g/mol. The van der Waals surface area contributed by atoms with Crippen LogP contribution in [0.4, 0.5) is 0 Å². The van der Waals surface area contributed by atoms with Crippen molar-refractivity contribution in [2.24, 2.45) is 5.73 Å². The fourth-order valence-corrected chi connectivity index (χ4v) is 1.84. The van der Waals surface area contributed by atoms with Crippen molar-refractivity contribution in [3.05, 3.63) is 23.3 Å². The number of ether oxygens (including phenoxy) is 3. The lowest BCUT2D eigenvalue weighted by molar-refractivity contribution is 0.173. The lowest BCUT2D eigenvalue weighted by Gasteiger charge is -2.09. The third-order valence-corrected chi connectivity index (χ3v) is 2.64. The van der Waals surface area contributed by atoms with Crippen LogP contribution in [-0.4, -0.2) is 20.4 Å². The second-order valence-corrected chi connectivity index (χ2v) is 3.80. The molecular formula is C12H17NO3. The molecule has 1 heterocycles. The first-order valence-corrected chi connectivity index (χ1v) is 5.45. The molecule has 0 bridgehead atoms. The Hall–Kier alpha value is -1.26. The van der Waals surface area contributed by atoms with Crippen molar-refractivity contribution < 1.29 is 14.2 Å². The lowest BCUT2D eigenvalue weighted by atomic mass is 10.0. The highest BCUT2D eigenvalue weighted by molar-refractivity contribution is 5.48. The van der Waals surface area contributed by atoms with Gasteiger partial charge in [-0.2, -0.15) is 0 Å². The Labute approximate surface area is 95.3 Å². The van der Waals surface area contributed by atoms with Gasteiger partial charge in [0.1, 0.15) is 0 Å². The molecule has 0 fully saturated rings. The zero-order chi connectivity index (χ0) is 11.4. The van der Waals surface area contributed by atoms with E-state index in [1.54, 1.807) is 7.11 Å². The maximum atomic E-state index is 5.53. The van der Waals surface area contributed by atoms with Crippen molar-refractivity contribution in [3.63, 3.8) is 0 Å². The molecule has 0 saturated heterocycles. The van der Waals surface area contributed by atoms with E-state index in [0.717, 1.165) is 29.9 Å². The average molecular weight is 223 g/mol. The fraction of sp³-hybridized carbons (Fsp3) is 0.500. The number of benzene rings is 1. The molecule has 1 aliphatic heterocycles. The van der Waals surface area contributed by atoms with Crippen molar-refractivity contribution in [1.82, 2.24) is 0 Å². The molecule has 4 nitrogen and oxygen atoms in total. The summed E-state index contributed by atoms with van der Waals surface area (Å²) in [5, 5.41) is 0. The minimum absolute atomic E-state index is 0.308. The van der Waals surface area contributed by atoms with Gasteiger partial charge in [0.25, 0.3) is 0 Å². The molecule has 1 aromatic carbocycles. The number of nitrogens with two attached hydrogens (primary N) is 1. The van der Waals surface area contributed by atoms with Gasteiger partial charge in [-0.1, -0.05) is 0 Å². The van der Waals surface area contributed by atoms with E-state index in [4.69, 9.17) is 19.9 Å². The predicted molar refractivity (Wildman–Crippen MR) is 60.7 cm³/mol. The molecule has 88 valence electrons. The van der Waals surface area contributed by atoms with Crippen molar-refractivity contribution >= 4 is 0 Å². The van der Waals surface area contributed by atoms with Crippen LogP contribution in [-0.2, 0) is 17.8 Å². The Bertz CT molecular complexity index is 366. The summed E-state index contributed by atoms with van der Waals surface area (Å²) in [4.78, 5) is 0. The molecule has 0 aromatic heterocycles. The Balaban J connectivity index is 2.25. The maximum absolute atomic E-state index is 5.53. The van der Waals surface area contributed by atoms with Gasteiger partial charge in [0.05, 0.1) is 6.61 Å². The second-order valence-electron chi connectivity index (χ2n) is 3.80. The summed E-state index contributed by atoms with van der Waals surface area (Å²) in [6.45, 7) is 1.60. The summed E-state index contributed by atoms with van der Waals surface area (Å²) >= 11 is 0. The van der Waals surface area contributed by atoms with E-state index in [2.05, 4.69) is 0 Å². The average Bonchev–Trinajstić information content (AvgIpc) is 2.73. The van der Waals surface area contributed by atoms with Crippen LogP contribution in [0.3, 0.4) is 0 Å². The highest BCUT2D eigenvalue weighted by Gasteiger charge is 2.16. The first-order valence-electron chi connectivity index (χ1n) is 5.45. The van der Waals surface area contributed by atoms with Gasteiger partial charge in [0, 0.05) is 7.11 Å². The van der Waals surface area contributed by atoms with E-state index in [1.165, 1.54) is 5.56 Å². The Morgan fingerprint density at radius 2 is 1.94 bits per heavy atom. The standard InChI is InChI=1S/C12H17NO3/c1-14-7-10-6-12-11(15-8-16-12)5-9(10)3-2-4-13/h5-6H,2-4,7-8,13H2,1H3. The molecule has 0 unspecified atom stereocenters. The minimum atomic E-state index is 0.308. The fourth-order valence-electron chi connectivity index (χ4n) is 1.84. The first kappa shape index (κ1) is 11.2. The van der Waals surface area contributed by atoms with Gasteiger partial charge in [0.15, 0.2) is 11.5 Å². The topological polar surface area (TPSA) is 53.7 Å². The summed E-state index contributed by atoms with van der Waals surface area (Å²) < 4.78 is 15.9. The largest absolute Gasteiger partial charge is 0.454 e. The minimum Gasteiger partial charge on any atom is -0.454 e. The third kappa shape index (κ3) is 2.28. The van der Waals surface area contributed by atoms with Gasteiger partial charge >= 0.3 is 0 Å². The van der Waals surface area contributed by atoms with Crippen LogP contribution in [0, 0.1) is 0 Å². The molecule has 1 aromatic rings. The van der Waals surface area contributed by atoms with Gasteiger partial charge in [-0.05, 0) is 42.6 Å². The Kier molecular flexibility index (Phi) is 3.64. The summed E-state index contributed by atoms with van der Waals surface area (Å²) in [6, 6.07) is 4.03. The molecule has 0 atom stereocenters. The van der Waals surface area contributed by atoms with E-state index >= 15 is 0 Å². The van der Waals surface area contributed by atoms with Crippen molar-refractivity contribution in [3.8, 4) is 11.5 Å². The summed E-state index contributed by atoms with van der Waals surface area (Å²) in [7, 11) is 1.69. The highest BCUT2D eigenvalue weighted by atomic mass is 16.7. The summed E-state index contributed by atoms with van der Waals surface area (Å²) in [5.41, 5.74) is 7.91. The van der Waals surface area contributed by atoms with Crippen LogP contribution in [0.5, 0.6) is 11.5 Å². The normalized spacial score (nSPS) is 13.1. The van der Waals surface area contributed by atoms with Crippen molar-refractivity contribution in [1.29, 1.82) is 0 Å². The molecule has 16 heavy (non-hydrogen) atoms. The van der Waals surface area contributed by atoms with E-state index in [9.17, 15) is 0 Å². The van der Waals surface area contributed by atoms with Gasteiger partial charge in [-0.3, -0.25) is 0 Å². The van der Waals surface area contributed by atoms with Crippen LogP contribution in [0.2, 0.25) is 0 Å². The number of hydrogen-bond acceptors (Lipinski definition) is 4. The lowest BCUT2D eigenvalue weighted by Crippen LogP contribution is -2.03. The van der Waals surface area contributed by atoms with Crippen molar-refractivity contribution in [2.75, 3.05) is 20.4 Å². The van der Waals surface area contributed by atoms with Crippen molar-refractivity contribution in [2.45, 2.75) is 19.4 Å². The third-order valence-electron chi connectivity index (χ3n) is 2.64. The van der Waals surface area contributed by atoms with Gasteiger partial charge in [-0.25, -0.2) is 0 Å². The molecule has 0 amide bonds. The SMILES string of the molecule is COCc1cc2c(cc1CCCN)OCO2. The predicted octanol–water partition coefficient (Wildman–Crippen LogP) is 1.45. The molecule has 0 radical (unpaired) electrons. The van der Waals surface area contributed by atoms with E-state index in [1.807, 2.05) is 12.1 Å². The molecule has 0 aliphatic carbocycles. The van der Waals surface area contributed by atoms with E-state index in [-0.39, 0.29) is 0 Å².